The molecule has 1 aliphatic carbocycles. The van der Waals surface area contributed by atoms with Crippen molar-refractivity contribution < 1.29 is 23.9 Å². The van der Waals surface area contributed by atoms with Gasteiger partial charge in [0.2, 0.25) is 5.78 Å². The molecule has 0 saturated carbocycles. The topological polar surface area (TPSA) is 72.9 Å². The van der Waals surface area contributed by atoms with Crippen molar-refractivity contribution in [3.05, 3.63) is 22.5 Å². The van der Waals surface area contributed by atoms with Gasteiger partial charge >= 0.3 is 5.97 Å². The molecular weight excluding hydrogens is 358 g/mol. The van der Waals surface area contributed by atoms with Crippen molar-refractivity contribution >= 4 is 17.5 Å². The Morgan fingerprint density at radius 1 is 1.21 bits per heavy atom. The Kier molecular flexibility index (Phi) is 4.53. The lowest BCUT2D eigenvalue weighted by molar-refractivity contribution is -0.167. The van der Waals surface area contributed by atoms with Gasteiger partial charge < -0.3 is 9.47 Å². The smallest absolute Gasteiger partial charge is 0.338 e. The number of hydrogen-bond donors (Lipinski definition) is 0. The van der Waals surface area contributed by atoms with Gasteiger partial charge in [-0.3, -0.25) is 14.5 Å². The number of nitrogens with zero attached hydrogens (tertiary/aromatic N) is 1. The largest absolute Gasteiger partial charge is 0.496 e. The first-order valence-electron chi connectivity index (χ1n) is 10.4. The van der Waals surface area contributed by atoms with Crippen LogP contribution in [0.15, 0.2) is 22.5 Å². The van der Waals surface area contributed by atoms with Crippen LogP contribution in [0.25, 0.3) is 0 Å². The summed E-state index contributed by atoms with van der Waals surface area (Å²) in [4.78, 5) is 41.7. The molecule has 4 rings (SSSR count). The van der Waals surface area contributed by atoms with Crippen molar-refractivity contribution in [1.82, 2.24) is 4.90 Å². The molecule has 3 heterocycles. The third-order valence-corrected chi connectivity index (χ3v) is 7.19. The summed E-state index contributed by atoms with van der Waals surface area (Å²) >= 11 is 0. The molecule has 6 nitrogen and oxygen atoms in total. The predicted molar refractivity (Wildman–Crippen MR) is 102 cm³/mol. The van der Waals surface area contributed by atoms with E-state index < -0.39 is 17.1 Å². The second kappa shape index (κ2) is 6.55. The standard InChI is InChI=1S/C22H29NO5/c1-5-6-8-15-10-11-21-17(16(24)9-7-12-23(15)21)13(2)18(25)22(21)19(27-4)14(3)20(26)28-22/h15H,5-12H2,1-4H3. The molecule has 0 N–H and O–H groups in total. The molecule has 0 bridgehead atoms. The molecule has 152 valence electrons. The van der Waals surface area contributed by atoms with Crippen molar-refractivity contribution in [3.63, 3.8) is 0 Å². The van der Waals surface area contributed by atoms with Gasteiger partial charge in [-0.2, -0.15) is 0 Å². The van der Waals surface area contributed by atoms with Crippen LogP contribution >= 0.6 is 0 Å². The number of esters is 1. The van der Waals surface area contributed by atoms with Crippen LogP contribution in [-0.4, -0.2) is 53.3 Å². The first kappa shape index (κ1) is 19.4. The van der Waals surface area contributed by atoms with Crippen molar-refractivity contribution in [2.45, 2.75) is 82.9 Å². The summed E-state index contributed by atoms with van der Waals surface area (Å²) in [5, 5.41) is 0. The van der Waals surface area contributed by atoms with Crippen LogP contribution in [0.1, 0.15) is 65.7 Å². The number of rotatable bonds is 4. The van der Waals surface area contributed by atoms with Crippen molar-refractivity contribution in [1.29, 1.82) is 0 Å². The number of carbonyl (C=O) groups is 3. The fourth-order valence-electron chi connectivity index (χ4n) is 6.11. The van der Waals surface area contributed by atoms with E-state index in [4.69, 9.17) is 9.47 Å². The van der Waals surface area contributed by atoms with Gasteiger partial charge in [-0.1, -0.05) is 19.8 Å². The summed E-state index contributed by atoms with van der Waals surface area (Å²) in [5.41, 5.74) is -1.16. The van der Waals surface area contributed by atoms with E-state index in [0.717, 1.165) is 38.6 Å². The highest BCUT2D eigenvalue weighted by Gasteiger charge is 2.76. The molecule has 2 fully saturated rings. The Hall–Kier alpha value is -1.95. The van der Waals surface area contributed by atoms with Gasteiger partial charge in [0.1, 0.15) is 5.54 Å². The molecule has 3 unspecified atom stereocenters. The normalized spacial score (nSPS) is 35.6. The molecule has 0 aromatic rings. The number of carbonyl (C=O) groups excluding carboxylic acids is 3. The van der Waals surface area contributed by atoms with Gasteiger partial charge in [0.15, 0.2) is 11.5 Å². The van der Waals surface area contributed by atoms with Crippen LogP contribution in [0.5, 0.6) is 0 Å². The van der Waals surface area contributed by atoms with E-state index in [-0.39, 0.29) is 23.4 Å². The summed E-state index contributed by atoms with van der Waals surface area (Å²) in [7, 11) is 1.48. The van der Waals surface area contributed by atoms with Crippen LogP contribution < -0.4 is 0 Å². The number of Topliss-reactive ketones (excluding diaryl/α,β-unsaturated/α-hetero) is 2. The molecule has 2 spiro atoms. The Balaban J connectivity index is 1.97. The summed E-state index contributed by atoms with van der Waals surface area (Å²) < 4.78 is 11.6. The van der Waals surface area contributed by atoms with E-state index in [1.54, 1.807) is 13.8 Å². The highest BCUT2D eigenvalue weighted by atomic mass is 16.6. The fraction of sp³-hybridized carbons (Fsp3) is 0.682. The SMILES string of the molecule is CCCCC1CCC23C(=C(C)C(=O)C24OC(=O)C(C)=C4OC)C(=O)CCCN13. The maximum Gasteiger partial charge on any atom is 0.338 e. The molecule has 0 radical (unpaired) electrons. The van der Waals surface area contributed by atoms with Crippen molar-refractivity contribution in [2.75, 3.05) is 13.7 Å². The molecule has 3 aliphatic heterocycles. The maximum absolute atomic E-state index is 13.6. The second-order valence-electron chi connectivity index (χ2n) is 8.47. The zero-order valence-corrected chi connectivity index (χ0v) is 17.2. The van der Waals surface area contributed by atoms with Gasteiger partial charge in [-0.05, 0) is 46.1 Å². The van der Waals surface area contributed by atoms with Gasteiger partial charge in [0, 0.05) is 23.6 Å². The lowest BCUT2D eigenvalue weighted by atomic mass is 9.73. The number of hydrogen-bond acceptors (Lipinski definition) is 6. The second-order valence-corrected chi connectivity index (χ2v) is 8.47. The molecule has 0 amide bonds. The lowest BCUT2D eigenvalue weighted by Crippen LogP contribution is -2.65. The Labute approximate surface area is 165 Å². The van der Waals surface area contributed by atoms with Gasteiger partial charge in [-0.25, -0.2) is 4.79 Å². The van der Waals surface area contributed by atoms with Crippen LogP contribution in [-0.2, 0) is 23.9 Å². The number of unbranched alkanes of at least 4 members (excludes halogenated alkanes) is 1. The van der Waals surface area contributed by atoms with Crippen LogP contribution in [0.4, 0.5) is 0 Å². The Morgan fingerprint density at radius 2 is 1.96 bits per heavy atom. The molecule has 4 aliphatic rings. The predicted octanol–water partition coefficient (Wildman–Crippen LogP) is 2.86. The van der Waals surface area contributed by atoms with E-state index in [9.17, 15) is 14.4 Å². The van der Waals surface area contributed by atoms with Crippen LogP contribution in [0.3, 0.4) is 0 Å². The number of ketones is 2. The molecule has 0 aromatic carbocycles. The summed E-state index contributed by atoms with van der Waals surface area (Å²) in [6, 6.07) is 0.272. The quantitative estimate of drug-likeness (QED) is 0.691. The van der Waals surface area contributed by atoms with E-state index >= 15 is 0 Å². The minimum Gasteiger partial charge on any atom is -0.496 e. The van der Waals surface area contributed by atoms with Crippen molar-refractivity contribution in [3.8, 4) is 0 Å². The van der Waals surface area contributed by atoms with E-state index in [0.29, 0.717) is 29.6 Å². The summed E-state index contributed by atoms with van der Waals surface area (Å²) in [6.45, 7) is 6.24. The first-order valence-corrected chi connectivity index (χ1v) is 10.4. The monoisotopic (exact) mass is 387 g/mol. The minimum absolute atomic E-state index is 0.0115. The average molecular weight is 387 g/mol. The molecule has 2 saturated heterocycles. The first-order chi connectivity index (χ1) is 13.4. The molecule has 3 atom stereocenters. The molecule has 6 heteroatoms. The molecule has 0 aromatic heterocycles. The third kappa shape index (κ3) is 2.10. The lowest BCUT2D eigenvalue weighted by Gasteiger charge is -2.47. The van der Waals surface area contributed by atoms with Crippen LogP contribution in [0, 0.1) is 0 Å². The van der Waals surface area contributed by atoms with E-state index in [1.165, 1.54) is 7.11 Å². The fourth-order valence-corrected chi connectivity index (χ4v) is 6.11. The number of methoxy groups -OCH3 is 1. The van der Waals surface area contributed by atoms with Gasteiger partial charge in [0.05, 0.1) is 12.7 Å². The van der Waals surface area contributed by atoms with Crippen LogP contribution in [0.2, 0.25) is 0 Å². The maximum atomic E-state index is 13.6. The third-order valence-electron chi connectivity index (χ3n) is 7.19. The van der Waals surface area contributed by atoms with Gasteiger partial charge in [0.25, 0.3) is 5.60 Å². The van der Waals surface area contributed by atoms with Gasteiger partial charge in [-0.15, -0.1) is 0 Å². The zero-order valence-electron chi connectivity index (χ0n) is 17.2. The van der Waals surface area contributed by atoms with E-state index in [1.807, 2.05) is 0 Å². The Bertz CT molecular complexity index is 825. The van der Waals surface area contributed by atoms with E-state index in [2.05, 4.69) is 11.8 Å². The Morgan fingerprint density at radius 3 is 2.64 bits per heavy atom. The number of ether oxygens (including phenoxy) is 2. The highest BCUT2D eigenvalue weighted by molar-refractivity contribution is 6.20. The van der Waals surface area contributed by atoms with Crippen molar-refractivity contribution in [2.24, 2.45) is 0 Å². The summed E-state index contributed by atoms with van der Waals surface area (Å²) in [5.74, 6) is -0.520. The average Bonchev–Trinajstić information content (AvgIpc) is 3.17. The minimum atomic E-state index is -1.55. The zero-order chi connectivity index (χ0) is 20.3. The highest BCUT2D eigenvalue weighted by Crippen LogP contribution is 2.61. The molecular formula is C22H29NO5. The summed E-state index contributed by atoms with van der Waals surface area (Å²) in [6.07, 6.45) is 5.89. The molecule has 28 heavy (non-hydrogen) atoms.